The summed E-state index contributed by atoms with van der Waals surface area (Å²) in [7, 11) is 1.63. The van der Waals surface area contributed by atoms with Crippen LogP contribution in [0.2, 0.25) is 5.02 Å². The third-order valence-corrected chi connectivity index (χ3v) is 8.70. The Morgan fingerprint density at radius 3 is 2.60 bits per heavy atom. The van der Waals surface area contributed by atoms with E-state index in [1.54, 1.807) is 55.8 Å². The van der Waals surface area contributed by atoms with Crippen LogP contribution in [0.4, 0.5) is 4.39 Å². The van der Waals surface area contributed by atoms with Gasteiger partial charge in [0, 0.05) is 30.6 Å². The van der Waals surface area contributed by atoms with Gasteiger partial charge in [-0.2, -0.15) is 5.10 Å². The van der Waals surface area contributed by atoms with Gasteiger partial charge in [-0.05, 0) is 48.7 Å². The summed E-state index contributed by atoms with van der Waals surface area (Å²) in [6, 6.07) is 13.7. The second kappa shape index (κ2) is 10.6. The number of thiophene rings is 1. The molecule has 40 heavy (non-hydrogen) atoms. The molecule has 2 atom stereocenters. The van der Waals surface area contributed by atoms with E-state index in [0.29, 0.717) is 39.6 Å². The number of hydrogen-bond donors (Lipinski definition) is 1. The Morgan fingerprint density at radius 2 is 1.90 bits per heavy atom. The van der Waals surface area contributed by atoms with E-state index in [9.17, 15) is 18.8 Å². The molecule has 0 fully saturated rings. The molecule has 1 unspecified atom stereocenters. The number of nitrogens with zero attached hydrogens (tertiary/aromatic N) is 3. The lowest BCUT2D eigenvalue weighted by Gasteiger charge is -2.24. The Kier molecular flexibility index (Phi) is 6.99. The van der Waals surface area contributed by atoms with Crippen LogP contribution >= 0.6 is 22.9 Å². The average Bonchev–Trinajstić information content (AvgIpc) is 3.57. The van der Waals surface area contributed by atoms with Crippen molar-refractivity contribution in [2.45, 2.75) is 31.5 Å². The number of carbonyl (C=O) groups excluding carboxylic acids is 3. The van der Waals surface area contributed by atoms with Crippen molar-refractivity contribution in [3.05, 3.63) is 98.1 Å². The average molecular weight is 579 g/mol. The molecule has 8 nitrogen and oxygen atoms in total. The van der Waals surface area contributed by atoms with E-state index in [-0.39, 0.29) is 25.0 Å². The van der Waals surface area contributed by atoms with Gasteiger partial charge in [0.1, 0.15) is 5.82 Å². The van der Waals surface area contributed by atoms with Crippen LogP contribution in [0.15, 0.2) is 60.8 Å². The molecule has 0 saturated carbocycles. The second-order valence-electron chi connectivity index (χ2n) is 9.74. The van der Waals surface area contributed by atoms with Gasteiger partial charge in [0.15, 0.2) is 0 Å². The van der Waals surface area contributed by atoms with Crippen molar-refractivity contribution in [2.75, 3.05) is 13.7 Å². The number of ether oxygens (including phenoxy) is 1. The summed E-state index contributed by atoms with van der Waals surface area (Å²) in [6.45, 7) is 0.554. The number of benzene rings is 2. The van der Waals surface area contributed by atoms with Gasteiger partial charge >= 0.3 is 0 Å². The zero-order valence-electron chi connectivity index (χ0n) is 21.4. The zero-order chi connectivity index (χ0) is 28.0. The van der Waals surface area contributed by atoms with E-state index < -0.39 is 23.7 Å². The predicted octanol–water partition coefficient (Wildman–Crippen LogP) is 5.13. The fraction of sp³-hybridized carbons (Fsp3) is 0.241. The molecule has 6 rings (SSSR count). The molecule has 4 aromatic rings. The summed E-state index contributed by atoms with van der Waals surface area (Å²) in [5, 5.41) is 7.84. The van der Waals surface area contributed by atoms with Crippen LogP contribution in [0, 0.1) is 5.82 Å². The van der Waals surface area contributed by atoms with Gasteiger partial charge in [0.2, 0.25) is 0 Å². The fourth-order valence-corrected chi connectivity index (χ4v) is 6.75. The molecule has 204 valence electrons. The predicted molar refractivity (Wildman–Crippen MR) is 148 cm³/mol. The van der Waals surface area contributed by atoms with Gasteiger partial charge in [-0.3, -0.25) is 24.0 Å². The highest BCUT2D eigenvalue weighted by Crippen LogP contribution is 2.43. The second-order valence-corrected chi connectivity index (χ2v) is 11.2. The molecule has 3 amide bonds. The van der Waals surface area contributed by atoms with E-state index in [1.807, 2.05) is 4.68 Å². The lowest BCUT2D eigenvalue weighted by molar-refractivity contribution is 0.0629. The number of nitrogens with one attached hydrogen (secondary N) is 1. The van der Waals surface area contributed by atoms with Gasteiger partial charge in [0.05, 0.1) is 45.1 Å². The molecule has 0 aliphatic carbocycles. The number of hydrogen-bond acceptors (Lipinski definition) is 6. The minimum absolute atomic E-state index is 0.0705. The van der Waals surface area contributed by atoms with Crippen molar-refractivity contribution in [2.24, 2.45) is 0 Å². The minimum Gasteiger partial charge on any atom is -0.376 e. The van der Waals surface area contributed by atoms with Crippen LogP contribution in [0.25, 0.3) is 11.3 Å². The van der Waals surface area contributed by atoms with Gasteiger partial charge in [-0.25, -0.2) is 4.39 Å². The number of imide groups is 1. The molecule has 2 aliphatic heterocycles. The first-order chi connectivity index (χ1) is 19.3. The van der Waals surface area contributed by atoms with Crippen molar-refractivity contribution in [3.8, 4) is 11.3 Å². The quantitative estimate of drug-likeness (QED) is 0.307. The van der Waals surface area contributed by atoms with E-state index >= 15 is 0 Å². The molecule has 0 spiro atoms. The number of fused-ring (bicyclic) bond motifs is 4. The Hall–Kier alpha value is -3.86. The Balaban J connectivity index is 1.30. The highest BCUT2D eigenvalue weighted by Gasteiger charge is 2.37. The summed E-state index contributed by atoms with van der Waals surface area (Å²) < 4.78 is 21.5. The Morgan fingerprint density at radius 1 is 1.15 bits per heavy atom. The molecular weight excluding hydrogens is 555 g/mol. The molecule has 1 N–H and O–H groups in total. The zero-order valence-corrected chi connectivity index (χ0v) is 23.0. The fourth-order valence-electron chi connectivity index (χ4n) is 5.33. The molecular formula is C29H24ClFN4O4S. The van der Waals surface area contributed by atoms with Crippen LogP contribution in [0.1, 0.15) is 53.4 Å². The number of amides is 3. The first-order valence-electron chi connectivity index (χ1n) is 12.7. The summed E-state index contributed by atoms with van der Waals surface area (Å²) >= 11 is 7.77. The molecule has 0 bridgehead atoms. The third kappa shape index (κ3) is 4.72. The molecule has 2 aromatic carbocycles. The van der Waals surface area contributed by atoms with Crippen LogP contribution in [-0.2, 0) is 17.7 Å². The maximum absolute atomic E-state index is 14.0. The number of rotatable bonds is 7. The topological polar surface area (TPSA) is 93.5 Å². The molecule has 4 heterocycles. The monoisotopic (exact) mass is 578 g/mol. The van der Waals surface area contributed by atoms with Gasteiger partial charge < -0.3 is 10.1 Å². The Labute approximate surface area is 238 Å². The van der Waals surface area contributed by atoms with E-state index in [1.165, 1.54) is 23.5 Å². The normalized spacial score (nSPS) is 16.8. The van der Waals surface area contributed by atoms with Crippen molar-refractivity contribution in [3.63, 3.8) is 0 Å². The van der Waals surface area contributed by atoms with Gasteiger partial charge in [-0.15, -0.1) is 11.3 Å². The molecule has 0 saturated heterocycles. The van der Waals surface area contributed by atoms with Crippen molar-refractivity contribution in [1.82, 2.24) is 20.0 Å². The number of halogens is 2. The first kappa shape index (κ1) is 26.4. The first-order valence-corrected chi connectivity index (χ1v) is 13.9. The summed E-state index contributed by atoms with van der Waals surface area (Å²) in [5.41, 5.74) is 2.78. The largest absolute Gasteiger partial charge is 0.376 e. The number of aromatic nitrogens is 2. The van der Waals surface area contributed by atoms with Crippen LogP contribution in [-0.4, -0.2) is 52.1 Å². The summed E-state index contributed by atoms with van der Waals surface area (Å²) in [5.74, 6) is -1.64. The number of aryl methyl sites for hydroxylation is 1. The van der Waals surface area contributed by atoms with Crippen LogP contribution in [0.3, 0.4) is 0 Å². The standard InChI is InChI=1S/C29H24ClFN4O4S/c1-39-23-9-10-35-25(22(30)14-32-35)21-13-24(40-26(21)23)27(36)33-18(12-16-5-4-6-17(31)11-16)15-34-28(37)19-7-2-3-8-20(19)29(34)38/h2-8,11,13-14,18,23H,9-10,12,15H2,1H3,(H,33,36)/t18-,23?/m0/s1. The maximum atomic E-state index is 14.0. The van der Waals surface area contributed by atoms with Crippen molar-refractivity contribution < 1.29 is 23.5 Å². The van der Waals surface area contributed by atoms with Crippen molar-refractivity contribution >= 4 is 40.7 Å². The maximum Gasteiger partial charge on any atom is 0.261 e. The summed E-state index contributed by atoms with van der Waals surface area (Å²) in [4.78, 5) is 42.2. The van der Waals surface area contributed by atoms with Crippen LogP contribution in [0.5, 0.6) is 0 Å². The highest BCUT2D eigenvalue weighted by atomic mass is 35.5. The van der Waals surface area contributed by atoms with Gasteiger partial charge in [0.25, 0.3) is 17.7 Å². The third-order valence-electron chi connectivity index (χ3n) is 7.20. The highest BCUT2D eigenvalue weighted by molar-refractivity contribution is 7.14. The number of methoxy groups -OCH3 is 1. The summed E-state index contributed by atoms with van der Waals surface area (Å²) in [6.07, 6.45) is 2.22. The molecule has 2 aromatic heterocycles. The minimum atomic E-state index is -0.675. The van der Waals surface area contributed by atoms with Gasteiger partial charge in [-0.1, -0.05) is 35.9 Å². The lowest BCUT2D eigenvalue weighted by Crippen LogP contribution is -2.46. The smallest absolute Gasteiger partial charge is 0.261 e. The SMILES string of the molecule is COC1CCn2ncc(Cl)c2-c2cc(C(=O)N[C@@H](Cc3cccc(F)c3)CN3C(=O)c4ccccc4C3=O)sc21. The van der Waals surface area contributed by atoms with E-state index in [0.717, 1.165) is 21.0 Å². The Bertz CT molecular complexity index is 1620. The molecule has 2 aliphatic rings. The lowest BCUT2D eigenvalue weighted by atomic mass is 10.0. The van der Waals surface area contributed by atoms with Crippen LogP contribution < -0.4 is 5.32 Å². The van der Waals surface area contributed by atoms with E-state index in [4.69, 9.17) is 16.3 Å². The van der Waals surface area contributed by atoms with E-state index in [2.05, 4.69) is 10.4 Å². The van der Waals surface area contributed by atoms with Crippen molar-refractivity contribution in [1.29, 1.82) is 0 Å². The number of carbonyl (C=O) groups is 3. The molecule has 11 heteroatoms. The molecule has 0 radical (unpaired) electrons.